The second kappa shape index (κ2) is 12.8. The van der Waals surface area contributed by atoms with Crippen LogP contribution in [0.3, 0.4) is 0 Å². The highest BCUT2D eigenvalue weighted by atomic mass is 35.5. The number of carbonyl (C=O) groups excluding carboxylic acids is 1. The third kappa shape index (κ3) is 6.86. The molecule has 0 N–H and O–H groups in total. The number of carbonyl (C=O) groups is 1. The molecule has 0 spiro atoms. The average molecular weight is 501 g/mol. The Morgan fingerprint density at radius 1 is 0.889 bits per heavy atom. The molecule has 0 fully saturated rings. The Morgan fingerprint density at radius 2 is 1.61 bits per heavy atom. The van der Waals surface area contributed by atoms with Crippen LogP contribution >= 0.6 is 11.6 Å². The molecular weight excluding hydrogens is 472 g/mol. The maximum absolute atomic E-state index is 13.5. The molecule has 0 bridgehead atoms. The van der Waals surface area contributed by atoms with E-state index in [2.05, 4.69) is 4.98 Å². The molecular formula is C30H29ClN2O3. The molecule has 0 saturated carbocycles. The molecule has 6 heteroatoms. The van der Waals surface area contributed by atoms with Gasteiger partial charge in [0.15, 0.2) is 11.5 Å². The van der Waals surface area contributed by atoms with E-state index in [0.717, 1.165) is 22.4 Å². The molecule has 0 aliphatic rings. The standard InChI is InChI=1S/C30H29ClN2O3/c1-35-28-20-24(15-16-27(28)36-22-23-10-4-2-5-11-23)21-33(19-17-26-14-8-9-18-32-26)30(34)29(31)25-12-6-3-7-13-25/h2-16,18,20,29H,17,19,21-22H2,1H3. The highest BCUT2D eigenvalue weighted by Gasteiger charge is 2.24. The molecule has 1 amide bonds. The van der Waals surface area contributed by atoms with Crippen molar-refractivity contribution >= 4 is 17.5 Å². The van der Waals surface area contributed by atoms with Gasteiger partial charge in [-0.15, -0.1) is 11.6 Å². The van der Waals surface area contributed by atoms with Gasteiger partial charge >= 0.3 is 0 Å². The lowest BCUT2D eigenvalue weighted by atomic mass is 10.1. The van der Waals surface area contributed by atoms with Gasteiger partial charge in [0, 0.05) is 31.4 Å². The van der Waals surface area contributed by atoms with Crippen LogP contribution < -0.4 is 9.47 Å². The van der Waals surface area contributed by atoms with Crippen molar-refractivity contribution in [2.75, 3.05) is 13.7 Å². The van der Waals surface area contributed by atoms with Crippen LogP contribution in [0.2, 0.25) is 0 Å². The fourth-order valence-electron chi connectivity index (χ4n) is 3.87. The molecule has 4 aromatic rings. The Morgan fingerprint density at radius 3 is 2.31 bits per heavy atom. The van der Waals surface area contributed by atoms with Crippen molar-refractivity contribution in [2.45, 2.75) is 24.9 Å². The predicted molar refractivity (Wildman–Crippen MR) is 142 cm³/mol. The van der Waals surface area contributed by atoms with Gasteiger partial charge in [-0.05, 0) is 41.0 Å². The van der Waals surface area contributed by atoms with Crippen molar-refractivity contribution in [1.29, 1.82) is 0 Å². The van der Waals surface area contributed by atoms with E-state index in [0.29, 0.717) is 37.6 Å². The third-order valence-corrected chi connectivity index (χ3v) is 6.26. The van der Waals surface area contributed by atoms with Gasteiger partial charge in [-0.1, -0.05) is 72.8 Å². The molecule has 1 aromatic heterocycles. The van der Waals surface area contributed by atoms with Crippen molar-refractivity contribution in [3.8, 4) is 11.5 Å². The number of benzene rings is 3. The van der Waals surface area contributed by atoms with E-state index in [1.807, 2.05) is 97.1 Å². The Bertz CT molecular complexity index is 1240. The number of amides is 1. The van der Waals surface area contributed by atoms with Gasteiger partial charge in [0.05, 0.1) is 7.11 Å². The summed E-state index contributed by atoms with van der Waals surface area (Å²) in [7, 11) is 1.61. The summed E-state index contributed by atoms with van der Waals surface area (Å²) in [4.78, 5) is 19.6. The summed E-state index contributed by atoms with van der Waals surface area (Å²) in [5, 5.41) is -0.773. The first-order chi connectivity index (χ1) is 17.6. The van der Waals surface area contributed by atoms with Crippen molar-refractivity contribution < 1.29 is 14.3 Å². The minimum atomic E-state index is -0.773. The first kappa shape index (κ1) is 25.3. The normalized spacial score (nSPS) is 11.5. The summed E-state index contributed by atoms with van der Waals surface area (Å²) in [5.41, 5.74) is 3.69. The molecule has 184 valence electrons. The van der Waals surface area contributed by atoms with Crippen molar-refractivity contribution in [3.05, 3.63) is 126 Å². The zero-order valence-corrected chi connectivity index (χ0v) is 21.0. The van der Waals surface area contributed by atoms with Gasteiger partial charge in [0.2, 0.25) is 5.91 Å². The maximum atomic E-state index is 13.5. The number of halogens is 1. The Balaban J connectivity index is 1.51. The number of pyridine rings is 1. The number of rotatable bonds is 11. The number of aromatic nitrogens is 1. The van der Waals surface area contributed by atoms with Crippen LogP contribution in [0.1, 0.15) is 27.8 Å². The maximum Gasteiger partial charge on any atom is 0.245 e. The van der Waals surface area contributed by atoms with Crippen LogP contribution in [-0.4, -0.2) is 29.4 Å². The quantitative estimate of drug-likeness (QED) is 0.229. The summed E-state index contributed by atoms with van der Waals surface area (Å²) in [5.74, 6) is 1.11. The first-order valence-electron chi connectivity index (χ1n) is 11.9. The molecule has 5 nitrogen and oxygen atoms in total. The van der Waals surface area contributed by atoms with Crippen LogP contribution in [0.25, 0.3) is 0 Å². The summed E-state index contributed by atoms with van der Waals surface area (Å²) in [6.07, 6.45) is 2.38. The molecule has 0 aliphatic carbocycles. The van der Waals surface area contributed by atoms with Crippen molar-refractivity contribution in [2.24, 2.45) is 0 Å². The first-order valence-corrected chi connectivity index (χ1v) is 12.3. The smallest absolute Gasteiger partial charge is 0.245 e. The van der Waals surface area contributed by atoms with E-state index in [4.69, 9.17) is 21.1 Å². The Kier molecular flexibility index (Phi) is 8.95. The second-order valence-corrected chi connectivity index (χ2v) is 8.80. The lowest BCUT2D eigenvalue weighted by Gasteiger charge is -2.26. The van der Waals surface area contributed by atoms with E-state index in [1.54, 1.807) is 18.2 Å². The Labute approximate surface area is 217 Å². The molecule has 1 heterocycles. The van der Waals surface area contributed by atoms with Crippen molar-refractivity contribution in [1.82, 2.24) is 9.88 Å². The van der Waals surface area contributed by atoms with Crippen LogP contribution in [0, 0.1) is 0 Å². The zero-order chi connectivity index (χ0) is 25.2. The van der Waals surface area contributed by atoms with Gasteiger partial charge in [0.25, 0.3) is 0 Å². The fourth-order valence-corrected chi connectivity index (χ4v) is 4.16. The monoisotopic (exact) mass is 500 g/mol. The summed E-state index contributed by atoms with van der Waals surface area (Å²) in [6, 6.07) is 30.9. The number of hydrogen-bond donors (Lipinski definition) is 0. The molecule has 36 heavy (non-hydrogen) atoms. The molecule has 0 aliphatic heterocycles. The molecule has 3 aromatic carbocycles. The lowest BCUT2D eigenvalue weighted by molar-refractivity contribution is -0.131. The van der Waals surface area contributed by atoms with E-state index in [1.165, 1.54) is 0 Å². The Hall–Kier alpha value is -3.83. The minimum Gasteiger partial charge on any atom is -0.493 e. The third-order valence-electron chi connectivity index (χ3n) is 5.82. The number of ether oxygens (including phenoxy) is 2. The SMILES string of the molecule is COc1cc(CN(CCc2ccccn2)C(=O)C(Cl)c2ccccc2)ccc1OCc1ccccc1. The minimum absolute atomic E-state index is 0.151. The average Bonchev–Trinajstić information content (AvgIpc) is 2.95. The van der Waals surface area contributed by atoms with Gasteiger partial charge in [-0.3, -0.25) is 9.78 Å². The number of nitrogens with zero attached hydrogens (tertiary/aromatic N) is 2. The van der Waals surface area contributed by atoms with Gasteiger partial charge < -0.3 is 14.4 Å². The molecule has 0 radical (unpaired) electrons. The van der Waals surface area contributed by atoms with Crippen LogP contribution in [-0.2, 0) is 24.4 Å². The van der Waals surface area contributed by atoms with E-state index < -0.39 is 5.38 Å². The lowest BCUT2D eigenvalue weighted by Crippen LogP contribution is -2.35. The van der Waals surface area contributed by atoms with Crippen LogP contribution in [0.4, 0.5) is 0 Å². The largest absolute Gasteiger partial charge is 0.493 e. The second-order valence-electron chi connectivity index (χ2n) is 8.36. The highest BCUT2D eigenvalue weighted by Crippen LogP contribution is 2.30. The van der Waals surface area contributed by atoms with Gasteiger partial charge in [-0.2, -0.15) is 0 Å². The van der Waals surface area contributed by atoms with Gasteiger partial charge in [-0.25, -0.2) is 0 Å². The van der Waals surface area contributed by atoms with Crippen LogP contribution in [0.5, 0.6) is 11.5 Å². The zero-order valence-electron chi connectivity index (χ0n) is 20.2. The molecule has 1 unspecified atom stereocenters. The van der Waals surface area contributed by atoms with Crippen molar-refractivity contribution in [3.63, 3.8) is 0 Å². The summed E-state index contributed by atoms with van der Waals surface area (Å²) < 4.78 is 11.6. The fraction of sp³-hybridized carbons (Fsp3) is 0.200. The number of methoxy groups -OCH3 is 1. The topological polar surface area (TPSA) is 51.7 Å². The molecule has 0 saturated heterocycles. The summed E-state index contributed by atoms with van der Waals surface area (Å²) in [6.45, 7) is 1.31. The number of alkyl halides is 1. The van der Waals surface area contributed by atoms with Crippen LogP contribution in [0.15, 0.2) is 103 Å². The predicted octanol–water partition coefficient (Wildman–Crippen LogP) is 6.22. The number of hydrogen-bond acceptors (Lipinski definition) is 4. The highest BCUT2D eigenvalue weighted by molar-refractivity contribution is 6.30. The van der Waals surface area contributed by atoms with E-state index in [-0.39, 0.29) is 5.91 Å². The van der Waals surface area contributed by atoms with Gasteiger partial charge in [0.1, 0.15) is 12.0 Å². The molecule has 1 atom stereocenters. The summed E-state index contributed by atoms with van der Waals surface area (Å²) >= 11 is 6.63. The molecule has 4 rings (SSSR count). The van der Waals surface area contributed by atoms with E-state index >= 15 is 0 Å². The van der Waals surface area contributed by atoms with E-state index in [9.17, 15) is 4.79 Å².